The first-order valence-electron chi connectivity index (χ1n) is 11.2. The smallest absolute Gasteiger partial charge is 0.407 e. The summed E-state index contributed by atoms with van der Waals surface area (Å²) < 4.78 is 13.0. The molecular formula is C21H40IN7O3. The molecule has 0 bridgehead atoms. The lowest BCUT2D eigenvalue weighted by Crippen LogP contribution is -2.49. The number of nitrogens with one attached hydrogen (secondary N) is 3. The van der Waals surface area contributed by atoms with Crippen molar-refractivity contribution in [2.45, 2.75) is 84.6 Å². The number of hydrogen-bond donors (Lipinski definition) is 3. The fraction of sp³-hybridized carbons (Fsp3) is 0.810. The van der Waals surface area contributed by atoms with Crippen LogP contribution in [0.5, 0.6) is 0 Å². The summed E-state index contributed by atoms with van der Waals surface area (Å²) in [6.45, 7) is 12.0. The fourth-order valence-corrected chi connectivity index (χ4v) is 3.20. The first-order valence-corrected chi connectivity index (χ1v) is 11.2. The number of aryl methyl sites for hydroxylation is 1. The van der Waals surface area contributed by atoms with Gasteiger partial charge in [0.05, 0.1) is 6.10 Å². The van der Waals surface area contributed by atoms with E-state index in [2.05, 4.69) is 38.1 Å². The van der Waals surface area contributed by atoms with E-state index in [4.69, 9.17) is 9.47 Å². The molecule has 0 saturated carbocycles. The Morgan fingerprint density at radius 3 is 2.66 bits per heavy atom. The summed E-state index contributed by atoms with van der Waals surface area (Å²) in [7, 11) is 1.93. The summed E-state index contributed by atoms with van der Waals surface area (Å²) >= 11 is 0. The molecule has 11 heteroatoms. The highest BCUT2D eigenvalue weighted by molar-refractivity contribution is 14.0. The third-order valence-electron chi connectivity index (χ3n) is 4.96. The van der Waals surface area contributed by atoms with Crippen molar-refractivity contribution in [1.29, 1.82) is 0 Å². The van der Waals surface area contributed by atoms with Crippen molar-refractivity contribution >= 4 is 36.0 Å². The zero-order valence-corrected chi connectivity index (χ0v) is 22.6. The number of rotatable bonds is 9. The number of amides is 1. The first kappa shape index (κ1) is 28.4. The van der Waals surface area contributed by atoms with Crippen LogP contribution in [-0.2, 0) is 23.1 Å². The third kappa shape index (κ3) is 10.3. The molecule has 2 heterocycles. The maximum atomic E-state index is 12.2. The van der Waals surface area contributed by atoms with E-state index in [1.54, 1.807) is 0 Å². The summed E-state index contributed by atoms with van der Waals surface area (Å²) in [4.78, 5) is 16.9. The van der Waals surface area contributed by atoms with Crippen LogP contribution in [0.1, 0.15) is 65.0 Å². The Balaban J connectivity index is 0.00000512. The van der Waals surface area contributed by atoms with Gasteiger partial charge in [0.15, 0.2) is 11.8 Å². The molecule has 0 aliphatic carbocycles. The summed E-state index contributed by atoms with van der Waals surface area (Å²) in [5.74, 6) is 2.28. The van der Waals surface area contributed by atoms with Crippen LogP contribution in [-0.4, -0.2) is 64.3 Å². The van der Waals surface area contributed by atoms with Crippen LogP contribution < -0.4 is 16.0 Å². The summed E-state index contributed by atoms with van der Waals surface area (Å²) in [5, 5.41) is 17.9. The van der Waals surface area contributed by atoms with E-state index in [0.29, 0.717) is 25.6 Å². The van der Waals surface area contributed by atoms with Gasteiger partial charge >= 0.3 is 6.09 Å². The standard InChI is InChI=1S/C21H39N7O3.HI/c1-7-9-16(25-20(29)31-21(3,4)5)12-22-19(23-13-17-10-8-11-30-17)24-14-18-27-26-15(2)28(18)6;/h16-17H,7-14H2,1-6H3,(H,25,29)(H2,22,23,24);1H. The van der Waals surface area contributed by atoms with Crippen LogP contribution in [0.3, 0.4) is 0 Å². The highest BCUT2D eigenvalue weighted by Crippen LogP contribution is 2.10. The zero-order chi connectivity index (χ0) is 22.9. The van der Waals surface area contributed by atoms with Gasteiger partial charge in [-0.3, -0.25) is 0 Å². The molecule has 2 unspecified atom stereocenters. The van der Waals surface area contributed by atoms with Gasteiger partial charge in [0.25, 0.3) is 0 Å². The molecule has 2 rings (SSSR count). The molecule has 0 spiro atoms. The zero-order valence-electron chi connectivity index (χ0n) is 20.2. The van der Waals surface area contributed by atoms with Crippen LogP contribution in [0, 0.1) is 6.92 Å². The van der Waals surface area contributed by atoms with Crippen LogP contribution in [0.15, 0.2) is 4.99 Å². The van der Waals surface area contributed by atoms with Crippen LogP contribution >= 0.6 is 24.0 Å². The number of hydrogen-bond acceptors (Lipinski definition) is 6. The molecule has 1 saturated heterocycles. The number of aromatic nitrogens is 3. The van der Waals surface area contributed by atoms with Crippen LogP contribution in [0.4, 0.5) is 4.79 Å². The Hall–Kier alpha value is -1.63. The van der Waals surface area contributed by atoms with Gasteiger partial charge in [-0.15, -0.1) is 34.2 Å². The number of ether oxygens (including phenoxy) is 2. The van der Waals surface area contributed by atoms with Crippen molar-refractivity contribution in [3.05, 3.63) is 11.6 Å². The van der Waals surface area contributed by atoms with Crippen molar-refractivity contribution in [3.8, 4) is 0 Å². The lowest BCUT2D eigenvalue weighted by molar-refractivity contribution is 0.0502. The van der Waals surface area contributed by atoms with Crippen molar-refractivity contribution in [1.82, 2.24) is 30.7 Å². The molecule has 0 aromatic carbocycles. The highest BCUT2D eigenvalue weighted by Gasteiger charge is 2.20. The highest BCUT2D eigenvalue weighted by atomic mass is 127. The number of carbonyl (C=O) groups excluding carboxylic acids is 1. The van der Waals surface area contributed by atoms with Gasteiger partial charge in [0.1, 0.15) is 18.0 Å². The lowest BCUT2D eigenvalue weighted by Gasteiger charge is -2.24. The Bertz CT molecular complexity index is 727. The number of aliphatic imine (C=N–C) groups is 1. The van der Waals surface area contributed by atoms with E-state index in [1.807, 2.05) is 39.3 Å². The molecule has 1 fully saturated rings. The van der Waals surface area contributed by atoms with Gasteiger partial charge < -0.3 is 30.0 Å². The van der Waals surface area contributed by atoms with E-state index in [1.165, 1.54) is 0 Å². The second-order valence-corrected chi connectivity index (χ2v) is 8.92. The SMILES string of the molecule is CCCC(CNC(=NCc1nnc(C)n1C)NCC1CCCO1)NC(=O)OC(C)(C)C.I. The molecule has 1 aromatic rings. The van der Waals surface area contributed by atoms with E-state index < -0.39 is 11.7 Å². The van der Waals surface area contributed by atoms with Gasteiger partial charge in [0, 0.05) is 32.8 Å². The normalized spacial score (nSPS) is 17.4. The van der Waals surface area contributed by atoms with Gasteiger partial charge in [-0.25, -0.2) is 9.79 Å². The number of alkyl carbamates (subject to hydrolysis) is 1. The average Bonchev–Trinajstić information content (AvgIpc) is 3.31. The molecule has 1 amide bonds. The largest absolute Gasteiger partial charge is 0.444 e. The molecule has 0 radical (unpaired) electrons. The third-order valence-corrected chi connectivity index (χ3v) is 4.96. The van der Waals surface area contributed by atoms with Crippen molar-refractivity contribution in [2.24, 2.45) is 12.0 Å². The second-order valence-electron chi connectivity index (χ2n) is 8.92. The van der Waals surface area contributed by atoms with Crippen molar-refractivity contribution < 1.29 is 14.3 Å². The van der Waals surface area contributed by atoms with E-state index in [9.17, 15) is 4.79 Å². The molecule has 10 nitrogen and oxygen atoms in total. The van der Waals surface area contributed by atoms with Gasteiger partial charge in [0.2, 0.25) is 0 Å². The molecule has 2 atom stereocenters. The Morgan fingerprint density at radius 2 is 2.09 bits per heavy atom. The van der Waals surface area contributed by atoms with Crippen molar-refractivity contribution in [2.75, 3.05) is 19.7 Å². The fourth-order valence-electron chi connectivity index (χ4n) is 3.20. The van der Waals surface area contributed by atoms with E-state index in [0.717, 1.165) is 43.9 Å². The average molecular weight is 566 g/mol. The maximum absolute atomic E-state index is 12.2. The van der Waals surface area contributed by atoms with Crippen LogP contribution in [0.25, 0.3) is 0 Å². The van der Waals surface area contributed by atoms with Crippen molar-refractivity contribution in [3.63, 3.8) is 0 Å². The predicted molar refractivity (Wildman–Crippen MR) is 135 cm³/mol. The minimum atomic E-state index is -0.530. The molecule has 1 aliphatic rings. The monoisotopic (exact) mass is 565 g/mol. The summed E-state index contributed by atoms with van der Waals surface area (Å²) in [5.41, 5.74) is -0.530. The van der Waals surface area contributed by atoms with E-state index >= 15 is 0 Å². The molecule has 1 aliphatic heterocycles. The molecular weight excluding hydrogens is 525 g/mol. The number of guanidine groups is 1. The quantitative estimate of drug-likeness (QED) is 0.240. The Kier molecular flexibility index (Phi) is 12.3. The van der Waals surface area contributed by atoms with Crippen LogP contribution in [0.2, 0.25) is 0 Å². The van der Waals surface area contributed by atoms with Gasteiger partial charge in [-0.05, 0) is 47.0 Å². The first-order chi connectivity index (χ1) is 14.7. The summed E-state index contributed by atoms with van der Waals surface area (Å²) in [6, 6.07) is -0.0772. The summed E-state index contributed by atoms with van der Waals surface area (Å²) in [6.07, 6.45) is 3.68. The molecule has 184 valence electrons. The maximum Gasteiger partial charge on any atom is 0.407 e. The lowest BCUT2D eigenvalue weighted by atomic mass is 10.1. The molecule has 1 aromatic heterocycles. The predicted octanol–water partition coefficient (Wildman–Crippen LogP) is 2.65. The number of nitrogens with zero attached hydrogens (tertiary/aromatic N) is 4. The topological polar surface area (TPSA) is 115 Å². The number of carbonyl (C=O) groups is 1. The molecule has 32 heavy (non-hydrogen) atoms. The van der Waals surface area contributed by atoms with Gasteiger partial charge in [-0.2, -0.15) is 0 Å². The Morgan fingerprint density at radius 1 is 1.34 bits per heavy atom. The molecule has 3 N–H and O–H groups in total. The Labute approximate surface area is 208 Å². The minimum Gasteiger partial charge on any atom is -0.444 e. The minimum absolute atomic E-state index is 0. The number of halogens is 1. The van der Waals surface area contributed by atoms with E-state index in [-0.39, 0.29) is 36.1 Å². The second kappa shape index (κ2) is 13.8. The van der Waals surface area contributed by atoms with Gasteiger partial charge in [-0.1, -0.05) is 13.3 Å².